The minimum absolute atomic E-state index is 0.179. The van der Waals surface area contributed by atoms with E-state index in [2.05, 4.69) is 18.2 Å². The van der Waals surface area contributed by atoms with Crippen LogP contribution in [0.2, 0.25) is 0 Å². The molecule has 0 bridgehead atoms. The van der Waals surface area contributed by atoms with Crippen LogP contribution in [0.15, 0.2) is 42.5 Å². The van der Waals surface area contributed by atoms with Gasteiger partial charge in [-0.3, -0.25) is 4.79 Å². The van der Waals surface area contributed by atoms with Crippen molar-refractivity contribution in [3.8, 4) is 5.75 Å². The molecule has 2 aromatic rings. The Labute approximate surface area is 106 Å². The minimum atomic E-state index is -0.278. The van der Waals surface area contributed by atoms with Crippen molar-refractivity contribution in [3.05, 3.63) is 64.7 Å². The molecule has 0 aliphatic carbocycles. The maximum Gasteiger partial charge on any atom is 0.323 e. The van der Waals surface area contributed by atoms with Crippen molar-refractivity contribution < 1.29 is 9.53 Å². The van der Waals surface area contributed by atoms with Crippen LogP contribution in [0.4, 0.5) is 0 Å². The number of esters is 1. The van der Waals surface area contributed by atoms with Crippen molar-refractivity contribution >= 4 is 5.97 Å². The summed E-state index contributed by atoms with van der Waals surface area (Å²) in [6, 6.07) is 13.8. The van der Waals surface area contributed by atoms with Gasteiger partial charge in [0, 0.05) is 5.56 Å². The number of para-hydroxylation sites is 1. The second kappa shape index (κ2) is 3.98. The number of benzene rings is 2. The molecule has 90 valence electrons. The summed E-state index contributed by atoms with van der Waals surface area (Å²) >= 11 is 0. The Balaban J connectivity index is 2.14. The lowest BCUT2D eigenvalue weighted by Crippen LogP contribution is -2.11. The first-order chi connectivity index (χ1) is 8.65. The lowest BCUT2D eigenvalue weighted by molar-refractivity contribution is -0.133. The van der Waals surface area contributed by atoms with E-state index < -0.39 is 0 Å². The van der Waals surface area contributed by atoms with E-state index in [1.54, 1.807) is 0 Å². The van der Waals surface area contributed by atoms with Gasteiger partial charge in [0.1, 0.15) is 11.7 Å². The summed E-state index contributed by atoms with van der Waals surface area (Å²) < 4.78 is 5.31. The van der Waals surface area contributed by atoms with Gasteiger partial charge in [-0.15, -0.1) is 0 Å². The maximum absolute atomic E-state index is 12.0. The number of rotatable bonds is 1. The average Bonchev–Trinajstić information content (AvgIpc) is 2.63. The number of carbonyl (C=O) groups is 1. The molecule has 2 aromatic carbocycles. The van der Waals surface area contributed by atoms with Crippen LogP contribution in [0.25, 0.3) is 0 Å². The summed E-state index contributed by atoms with van der Waals surface area (Å²) in [7, 11) is 0. The zero-order valence-electron chi connectivity index (χ0n) is 10.4. The van der Waals surface area contributed by atoms with Crippen molar-refractivity contribution in [3.63, 3.8) is 0 Å². The van der Waals surface area contributed by atoms with Crippen molar-refractivity contribution in [2.45, 2.75) is 19.8 Å². The quantitative estimate of drug-likeness (QED) is 0.562. The Hall–Kier alpha value is -2.09. The Morgan fingerprint density at radius 3 is 2.39 bits per heavy atom. The number of hydrogen-bond acceptors (Lipinski definition) is 2. The lowest BCUT2D eigenvalue weighted by Gasteiger charge is -2.10. The van der Waals surface area contributed by atoms with E-state index in [0.29, 0.717) is 5.75 Å². The third kappa shape index (κ3) is 1.70. The highest BCUT2D eigenvalue weighted by molar-refractivity contribution is 5.89. The average molecular weight is 238 g/mol. The van der Waals surface area contributed by atoms with E-state index in [4.69, 9.17) is 4.74 Å². The molecule has 0 saturated carbocycles. The number of fused-ring (bicyclic) bond motifs is 1. The van der Waals surface area contributed by atoms with Crippen molar-refractivity contribution in [2.75, 3.05) is 0 Å². The minimum Gasteiger partial charge on any atom is -0.425 e. The molecular formula is C16H14O2. The summed E-state index contributed by atoms with van der Waals surface area (Å²) in [5.74, 6) is 0.229. The molecule has 18 heavy (non-hydrogen) atoms. The summed E-state index contributed by atoms with van der Waals surface area (Å²) in [5.41, 5.74) is 4.32. The first-order valence-electron chi connectivity index (χ1n) is 6.04. The maximum atomic E-state index is 12.0. The van der Waals surface area contributed by atoms with Crippen LogP contribution in [-0.2, 0) is 4.79 Å². The Morgan fingerprint density at radius 1 is 1.00 bits per heavy atom. The molecule has 2 heteroatoms. The van der Waals surface area contributed by atoms with Crippen LogP contribution in [-0.4, -0.2) is 5.97 Å². The summed E-state index contributed by atoms with van der Waals surface area (Å²) in [5, 5.41) is 0. The van der Waals surface area contributed by atoms with Gasteiger partial charge < -0.3 is 4.74 Å². The molecule has 0 saturated heterocycles. The van der Waals surface area contributed by atoms with Crippen LogP contribution in [0.5, 0.6) is 5.75 Å². The fraction of sp³-hybridized carbons (Fsp3) is 0.188. The predicted octanol–water partition coefficient (Wildman–Crippen LogP) is 3.35. The highest BCUT2D eigenvalue weighted by atomic mass is 16.5. The van der Waals surface area contributed by atoms with Gasteiger partial charge in [-0.25, -0.2) is 0 Å². The Morgan fingerprint density at radius 2 is 1.67 bits per heavy atom. The van der Waals surface area contributed by atoms with E-state index in [-0.39, 0.29) is 11.9 Å². The molecule has 0 amide bonds. The standard InChI is InChI=1S/C16H14O2/c1-10-7-11(2)9-12(8-10)15-13-5-3-4-6-14(13)18-16(15)17/h3-9,15H,1-2H3. The normalized spacial score (nSPS) is 17.4. The highest BCUT2D eigenvalue weighted by Crippen LogP contribution is 2.39. The molecule has 1 aliphatic rings. The third-order valence-electron chi connectivity index (χ3n) is 3.25. The van der Waals surface area contributed by atoms with Gasteiger partial charge in [0.2, 0.25) is 0 Å². The van der Waals surface area contributed by atoms with Gasteiger partial charge in [0.05, 0.1) is 0 Å². The molecule has 2 nitrogen and oxygen atoms in total. The molecule has 0 radical (unpaired) electrons. The van der Waals surface area contributed by atoms with Gasteiger partial charge in [-0.2, -0.15) is 0 Å². The largest absolute Gasteiger partial charge is 0.425 e. The Kier molecular flexibility index (Phi) is 2.44. The summed E-state index contributed by atoms with van der Waals surface area (Å²) in [6.45, 7) is 4.09. The number of aryl methyl sites for hydroxylation is 2. The zero-order valence-corrected chi connectivity index (χ0v) is 10.4. The first-order valence-corrected chi connectivity index (χ1v) is 6.04. The molecule has 1 heterocycles. The van der Waals surface area contributed by atoms with Crippen LogP contribution < -0.4 is 4.74 Å². The molecule has 0 fully saturated rings. The molecule has 1 unspecified atom stereocenters. The van der Waals surface area contributed by atoms with Gasteiger partial charge in [-0.1, -0.05) is 47.5 Å². The number of ether oxygens (including phenoxy) is 1. The second-order valence-electron chi connectivity index (χ2n) is 4.81. The Bertz CT molecular complexity index is 608. The zero-order chi connectivity index (χ0) is 12.7. The third-order valence-corrected chi connectivity index (χ3v) is 3.25. The van der Waals surface area contributed by atoms with Gasteiger partial charge in [0.15, 0.2) is 0 Å². The number of hydrogen-bond donors (Lipinski definition) is 0. The van der Waals surface area contributed by atoms with Crippen LogP contribution in [0, 0.1) is 13.8 Å². The monoisotopic (exact) mass is 238 g/mol. The van der Waals surface area contributed by atoms with E-state index in [0.717, 1.165) is 11.1 Å². The number of carbonyl (C=O) groups excluding carboxylic acids is 1. The molecule has 0 N–H and O–H groups in total. The molecular weight excluding hydrogens is 224 g/mol. The topological polar surface area (TPSA) is 26.3 Å². The van der Waals surface area contributed by atoms with Crippen molar-refractivity contribution in [1.29, 1.82) is 0 Å². The van der Waals surface area contributed by atoms with Crippen LogP contribution in [0.3, 0.4) is 0 Å². The fourth-order valence-corrected chi connectivity index (χ4v) is 2.60. The van der Waals surface area contributed by atoms with E-state index >= 15 is 0 Å². The smallest absolute Gasteiger partial charge is 0.323 e. The molecule has 3 rings (SSSR count). The second-order valence-corrected chi connectivity index (χ2v) is 4.81. The first kappa shape index (κ1) is 11.0. The lowest BCUT2D eigenvalue weighted by atomic mass is 9.90. The van der Waals surface area contributed by atoms with Gasteiger partial charge in [-0.05, 0) is 25.5 Å². The predicted molar refractivity (Wildman–Crippen MR) is 69.8 cm³/mol. The summed E-state index contributed by atoms with van der Waals surface area (Å²) in [6.07, 6.45) is 0. The SMILES string of the molecule is Cc1cc(C)cc(C2C(=O)Oc3ccccc32)c1. The molecule has 1 aliphatic heterocycles. The molecule has 1 atom stereocenters. The van der Waals surface area contributed by atoms with E-state index in [9.17, 15) is 4.79 Å². The van der Waals surface area contributed by atoms with Crippen molar-refractivity contribution in [2.24, 2.45) is 0 Å². The van der Waals surface area contributed by atoms with Crippen LogP contribution in [0.1, 0.15) is 28.2 Å². The summed E-state index contributed by atoms with van der Waals surface area (Å²) in [4.78, 5) is 12.0. The van der Waals surface area contributed by atoms with Gasteiger partial charge >= 0.3 is 5.97 Å². The fourth-order valence-electron chi connectivity index (χ4n) is 2.60. The van der Waals surface area contributed by atoms with Gasteiger partial charge in [0.25, 0.3) is 0 Å². The molecule has 0 aromatic heterocycles. The van der Waals surface area contributed by atoms with Crippen LogP contribution >= 0.6 is 0 Å². The van der Waals surface area contributed by atoms with E-state index in [1.807, 2.05) is 38.1 Å². The highest BCUT2D eigenvalue weighted by Gasteiger charge is 2.34. The van der Waals surface area contributed by atoms with Crippen molar-refractivity contribution in [1.82, 2.24) is 0 Å². The van der Waals surface area contributed by atoms with E-state index in [1.165, 1.54) is 11.1 Å². The molecule has 0 spiro atoms.